The quantitative estimate of drug-likeness (QED) is 0.828. The highest BCUT2D eigenvalue weighted by molar-refractivity contribution is 7.19. The predicted molar refractivity (Wildman–Crippen MR) is 78.1 cm³/mol. The zero-order chi connectivity index (χ0) is 14.2. The molecule has 1 saturated heterocycles. The number of ketones is 1. The summed E-state index contributed by atoms with van der Waals surface area (Å²) in [7, 11) is 1.57. The van der Waals surface area contributed by atoms with E-state index in [1.54, 1.807) is 7.05 Å². The number of rotatable bonds is 3. The van der Waals surface area contributed by atoms with Gasteiger partial charge in [0.05, 0.1) is 16.1 Å². The number of carbonyl (C=O) groups excluding carboxylic acids is 2. The summed E-state index contributed by atoms with van der Waals surface area (Å²) in [5.41, 5.74) is 6.75. The smallest absolute Gasteiger partial charge is 0.256 e. The Hall–Kier alpha value is -1.56. The summed E-state index contributed by atoms with van der Waals surface area (Å²) in [4.78, 5) is 26.2. The van der Waals surface area contributed by atoms with Gasteiger partial charge in [-0.15, -0.1) is 11.3 Å². The second-order valence-electron chi connectivity index (χ2n) is 5.00. The first-order valence-electron chi connectivity index (χ1n) is 6.36. The maximum Gasteiger partial charge on any atom is 0.256 e. The maximum atomic E-state index is 12.0. The van der Waals surface area contributed by atoms with Gasteiger partial charge in [0, 0.05) is 27.1 Å². The number of Topliss-reactive ketones (excluding diaryl/α,β-unsaturated/α-hetero) is 1. The molecule has 104 valence electrons. The van der Waals surface area contributed by atoms with E-state index in [2.05, 4.69) is 17.1 Å². The molecule has 1 aliphatic rings. The molecule has 1 unspecified atom stereocenters. The van der Waals surface area contributed by atoms with Crippen LogP contribution >= 0.6 is 11.3 Å². The monoisotopic (exact) mass is 281 g/mol. The molecular weight excluding hydrogens is 262 g/mol. The van der Waals surface area contributed by atoms with Crippen molar-refractivity contribution in [1.82, 2.24) is 5.32 Å². The lowest BCUT2D eigenvalue weighted by Crippen LogP contribution is -2.24. The molecule has 2 heterocycles. The molecule has 3 N–H and O–H groups in total. The molecule has 0 bridgehead atoms. The van der Waals surface area contributed by atoms with E-state index >= 15 is 0 Å². The van der Waals surface area contributed by atoms with Crippen LogP contribution in [-0.2, 0) is 0 Å². The van der Waals surface area contributed by atoms with E-state index in [1.807, 2.05) is 0 Å². The van der Waals surface area contributed by atoms with Gasteiger partial charge in [0.25, 0.3) is 5.91 Å². The van der Waals surface area contributed by atoms with Crippen molar-refractivity contribution in [2.45, 2.75) is 20.3 Å². The van der Waals surface area contributed by atoms with Crippen molar-refractivity contribution in [3.8, 4) is 0 Å². The number of carbonyl (C=O) groups is 2. The van der Waals surface area contributed by atoms with Gasteiger partial charge in [-0.2, -0.15) is 0 Å². The van der Waals surface area contributed by atoms with Crippen LogP contribution in [0.1, 0.15) is 40.3 Å². The van der Waals surface area contributed by atoms with E-state index in [1.165, 1.54) is 18.3 Å². The maximum absolute atomic E-state index is 12.0. The number of nitrogens with two attached hydrogens (primary N) is 1. The van der Waals surface area contributed by atoms with Crippen LogP contribution in [-0.4, -0.2) is 31.8 Å². The summed E-state index contributed by atoms with van der Waals surface area (Å²) in [6.07, 6.45) is 1.10. The Morgan fingerprint density at radius 2 is 2.16 bits per heavy atom. The molecule has 0 aromatic carbocycles. The lowest BCUT2D eigenvalue weighted by molar-refractivity contribution is 0.0964. The second kappa shape index (κ2) is 5.21. The highest BCUT2D eigenvalue weighted by Gasteiger charge is 2.29. The molecule has 19 heavy (non-hydrogen) atoms. The normalized spacial score (nSPS) is 18.7. The van der Waals surface area contributed by atoms with Crippen LogP contribution < -0.4 is 16.0 Å². The highest BCUT2D eigenvalue weighted by Crippen LogP contribution is 2.40. The minimum Gasteiger partial charge on any atom is -0.397 e. The fourth-order valence-electron chi connectivity index (χ4n) is 2.38. The molecule has 1 aromatic rings. The summed E-state index contributed by atoms with van der Waals surface area (Å²) in [6.45, 7) is 5.47. The number of nitrogens with one attached hydrogen (secondary N) is 1. The van der Waals surface area contributed by atoms with Gasteiger partial charge in [-0.25, -0.2) is 0 Å². The summed E-state index contributed by atoms with van der Waals surface area (Å²) < 4.78 is 0. The summed E-state index contributed by atoms with van der Waals surface area (Å²) in [5.74, 6) is 0.281. The highest BCUT2D eigenvalue weighted by atomic mass is 32.1. The average molecular weight is 281 g/mol. The van der Waals surface area contributed by atoms with Gasteiger partial charge in [-0.05, 0) is 12.3 Å². The third-order valence-corrected chi connectivity index (χ3v) is 4.78. The summed E-state index contributed by atoms with van der Waals surface area (Å²) in [5, 5.41) is 3.42. The van der Waals surface area contributed by atoms with Crippen LogP contribution in [0.5, 0.6) is 0 Å². The number of hydrogen-bond acceptors (Lipinski definition) is 5. The molecule has 6 heteroatoms. The van der Waals surface area contributed by atoms with Gasteiger partial charge in [0.2, 0.25) is 0 Å². The number of thiophene rings is 1. The van der Waals surface area contributed by atoms with Crippen molar-refractivity contribution in [2.24, 2.45) is 5.92 Å². The Morgan fingerprint density at radius 3 is 2.63 bits per heavy atom. The molecule has 5 nitrogen and oxygen atoms in total. The van der Waals surface area contributed by atoms with Crippen LogP contribution in [0.15, 0.2) is 0 Å². The van der Waals surface area contributed by atoms with Crippen molar-refractivity contribution >= 4 is 33.7 Å². The SMILES string of the molecule is CNC(=O)c1c(N2CCC(C)C2)sc(C(C)=O)c1N. The molecule has 0 spiro atoms. The van der Waals surface area contributed by atoms with E-state index < -0.39 is 0 Å². The van der Waals surface area contributed by atoms with E-state index in [0.29, 0.717) is 22.0 Å². The fourth-order valence-corrected chi connectivity index (χ4v) is 3.53. The summed E-state index contributed by atoms with van der Waals surface area (Å²) >= 11 is 1.33. The Labute approximate surface area is 116 Å². The first kappa shape index (κ1) is 13.9. The van der Waals surface area contributed by atoms with Gasteiger partial charge in [-0.3, -0.25) is 9.59 Å². The predicted octanol–water partition coefficient (Wildman–Crippen LogP) is 1.74. The van der Waals surface area contributed by atoms with Crippen molar-refractivity contribution in [3.63, 3.8) is 0 Å². The first-order valence-corrected chi connectivity index (χ1v) is 7.17. The Morgan fingerprint density at radius 1 is 1.47 bits per heavy atom. The van der Waals surface area contributed by atoms with Gasteiger partial charge in [0.15, 0.2) is 5.78 Å². The van der Waals surface area contributed by atoms with Crippen molar-refractivity contribution in [3.05, 3.63) is 10.4 Å². The van der Waals surface area contributed by atoms with Crippen molar-refractivity contribution in [1.29, 1.82) is 0 Å². The van der Waals surface area contributed by atoms with E-state index in [0.717, 1.165) is 24.5 Å². The van der Waals surface area contributed by atoms with E-state index in [4.69, 9.17) is 5.73 Å². The lowest BCUT2D eigenvalue weighted by atomic mass is 10.2. The average Bonchev–Trinajstić information content (AvgIpc) is 2.92. The number of hydrogen-bond donors (Lipinski definition) is 2. The Balaban J connectivity index is 2.49. The van der Waals surface area contributed by atoms with E-state index in [9.17, 15) is 9.59 Å². The second-order valence-corrected chi connectivity index (χ2v) is 6.00. The van der Waals surface area contributed by atoms with Crippen molar-refractivity contribution < 1.29 is 9.59 Å². The molecule has 1 amide bonds. The van der Waals surface area contributed by atoms with Gasteiger partial charge >= 0.3 is 0 Å². The van der Waals surface area contributed by atoms with Crippen LogP contribution in [0.25, 0.3) is 0 Å². The van der Waals surface area contributed by atoms with Crippen molar-refractivity contribution in [2.75, 3.05) is 30.8 Å². The Kier molecular flexibility index (Phi) is 3.80. The third-order valence-electron chi connectivity index (χ3n) is 3.41. The Bertz CT molecular complexity index is 524. The van der Waals surface area contributed by atoms with Gasteiger partial charge in [-0.1, -0.05) is 6.92 Å². The largest absolute Gasteiger partial charge is 0.397 e. The molecule has 0 radical (unpaired) electrons. The fraction of sp³-hybridized carbons (Fsp3) is 0.538. The van der Waals surface area contributed by atoms with E-state index in [-0.39, 0.29) is 11.7 Å². The van der Waals surface area contributed by atoms with Gasteiger partial charge < -0.3 is 16.0 Å². The lowest BCUT2D eigenvalue weighted by Gasteiger charge is -2.17. The molecule has 1 aliphatic heterocycles. The minimum atomic E-state index is -0.226. The zero-order valence-electron chi connectivity index (χ0n) is 11.4. The number of amides is 1. The molecule has 1 fully saturated rings. The summed E-state index contributed by atoms with van der Waals surface area (Å²) in [6, 6.07) is 0. The molecular formula is C13H19N3O2S. The molecule has 1 aromatic heterocycles. The third kappa shape index (κ3) is 2.45. The van der Waals surface area contributed by atoms with Crippen LogP contribution in [0.4, 0.5) is 10.7 Å². The number of nitrogen functional groups attached to an aromatic ring is 1. The molecule has 0 aliphatic carbocycles. The van der Waals surface area contributed by atoms with Gasteiger partial charge in [0.1, 0.15) is 5.00 Å². The standard InChI is InChI=1S/C13H19N3O2S/c1-7-4-5-16(6-7)13-9(12(18)15-3)10(14)11(19-13)8(2)17/h7H,4-6,14H2,1-3H3,(H,15,18). The molecule has 1 atom stereocenters. The topological polar surface area (TPSA) is 75.4 Å². The number of anilines is 2. The minimum absolute atomic E-state index is 0.0915. The first-order chi connectivity index (χ1) is 8.95. The van der Waals surface area contributed by atoms with Crippen LogP contribution in [0, 0.1) is 5.92 Å². The molecule has 0 saturated carbocycles. The number of nitrogens with zero attached hydrogens (tertiary/aromatic N) is 1. The van der Waals surface area contributed by atoms with Crippen LogP contribution in [0.3, 0.4) is 0 Å². The van der Waals surface area contributed by atoms with Crippen LogP contribution in [0.2, 0.25) is 0 Å². The molecule has 2 rings (SSSR count). The zero-order valence-corrected chi connectivity index (χ0v) is 12.3.